The molecule has 6 nitrogen and oxygen atoms in total. The number of alkyl halides is 3. The third kappa shape index (κ3) is 4.21. The number of benzene rings is 3. The van der Waals surface area contributed by atoms with Crippen LogP contribution in [0.25, 0.3) is 5.69 Å². The van der Waals surface area contributed by atoms with Crippen LogP contribution in [0.3, 0.4) is 0 Å². The minimum Gasteiger partial charge on any atom is -0.299 e. The highest BCUT2D eigenvalue weighted by atomic mass is 35.5. The van der Waals surface area contributed by atoms with Crippen molar-refractivity contribution in [3.05, 3.63) is 117 Å². The number of aryl methyl sites for hydroxylation is 1. The van der Waals surface area contributed by atoms with Crippen molar-refractivity contribution in [1.29, 1.82) is 0 Å². The summed E-state index contributed by atoms with van der Waals surface area (Å²) in [4.78, 5) is 44.7. The van der Waals surface area contributed by atoms with Crippen molar-refractivity contribution in [2.75, 3.05) is 0 Å². The maximum atomic E-state index is 13.5. The van der Waals surface area contributed by atoms with Crippen LogP contribution in [0.15, 0.2) is 72.9 Å². The van der Waals surface area contributed by atoms with E-state index < -0.39 is 29.3 Å². The zero-order valence-electron chi connectivity index (χ0n) is 19.2. The van der Waals surface area contributed by atoms with Gasteiger partial charge in [0.2, 0.25) is 0 Å². The van der Waals surface area contributed by atoms with E-state index in [1.165, 1.54) is 12.3 Å². The molecular weight excluding hydrogens is 507 g/mol. The number of amides is 2. The fourth-order valence-corrected chi connectivity index (χ4v) is 4.54. The number of halogens is 4. The number of carbonyl (C=O) groups is 3. The fraction of sp³-hybridized carbons (Fsp3) is 0.111. The largest absolute Gasteiger partial charge is 0.416 e. The molecule has 0 aliphatic carbocycles. The number of hydrogen-bond acceptors (Lipinski definition) is 4. The van der Waals surface area contributed by atoms with Gasteiger partial charge >= 0.3 is 6.18 Å². The molecule has 0 saturated carbocycles. The minimum atomic E-state index is -4.65. The molecule has 2 amide bonds. The molecule has 1 aliphatic rings. The summed E-state index contributed by atoms with van der Waals surface area (Å²) in [5.41, 5.74) is 0.263. The summed E-state index contributed by atoms with van der Waals surface area (Å²) in [5, 5.41) is -0.124. The van der Waals surface area contributed by atoms with Crippen molar-refractivity contribution in [3.63, 3.8) is 0 Å². The molecular formula is C27H17ClF3N3O3. The van der Waals surface area contributed by atoms with Crippen LogP contribution in [-0.4, -0.2) is 32.0 Å². The lowest BCUT2D eigenvalue weighted by Gasteiger charge is -2.18. The van der Waals surface area contributed by atoms with Gasteiger partial charge in [0.15, 0.2) is 5.78 Å². The number of rotatable bonds is 5. The number of imidazole rings is 1. The summed E-state index contributed by atoms with van der Waals surface area (Å²) in [5.74, 6) is -1.35. The third-order valence-electron chi connectivity index (χ3n) is 6.12. The summed E-state index contributed by atoms with van der Waals surface area (Å²) in [6.45, 7) is 1.55. The maximum Gasteiger partial charge on any atom is 0.416 e. The second-order valence-electron chi connectivity index (χ2n) is 8.43. The van der Waals surface area contributed by atoms with E-state index in [2.05, 4.69) is 4.98 Å². The molecule has 10 heteroatoms. The second-order valence-corrected chi connectivity index (χ2v) is 8.84. The van der Waals surface area contributed by atoms with Gasteiger partial charge in [-0.2, -0.15) is 13.2 Å². The van der Waals surface area contributed by atoms with Crippen molar-refractivity contribution >= 4 is 29.2 Å². The van der Waals surface area contributed by atoms with Crippen LogP contribution in [0.1, 0.15) is 53.7 Å². The Morgan fingerprint density at radius 2 is 1.54 bits per heavy atom. The molecule has 0 N–H and O–H groups in total. The smallest absolute Gasteiger partial charge is 0.299 e. The Balaban J connectivity index is 1.56. The first kappa shape index (κ1) is 24.5. The van der Waals surface area contributed by atoms with Crippen LogP contribution in [-0.2, 0) is 12.7 Å². The molecule has 0 atom stereocenters. The summed E-state index contributed by atoms with van der Waals surface area (Å²) in [7, 11) is 0. The number of imide groups is 1. The molecule has 0 spiro atoms. The van der Waals surface area contributed by atoms with Gasteiger partial charge in [0.05, 0.1) is 33.9 Å². The molecule has 37 heavy (non-hydrogen) atoms. The summed E-state index contributed by atoms with van der Waals surface area (Å²) >= 11 is 6.13. The zero-order chi connectivity index (χ0) is 26.5. The van der Waals surface area contributed by atoms with Gasteiger partial charge in [0.1, 0.15) is 5.82 Å². The Hall–Kier alpha value is -4.24. The minimum absolute atomic E-state index is 0.0773. The zero-order valence-corrected chi connectivity index (χ0v) is 20.0. The normalized spacial score (nSPS) is 13.3. The van der Waals surface area contributed by atoms with Crippen LogP contribution in [0.4, 0.5) is 13.2 Å². The van der Waals surface area contributed by atoms with E-state index in [1.807, 2.05) is 0 Å². The molecule has 186 valence electrons. The number of ketones is 1. The molecule has 2 heterocycles. The highest BCUT2D eigenvalue weighted by Crippen LogP contribution is 2.33. The summed E-state index contributed by atoms with van der Waals surface area (Å²) in [6, 6.07) is 15.4. The van der Waals surface area contributed by atoms with Gasteiger partial charge in [0.25, 0.3) is 11.8 Å². The fourth-order valence-electron chi connectivity index (χ4n) is 4.33. The lowest BCUT2D eigenvalue weighted by Crippen LogP contribution is -2.30. The van der Waals surface area contributed by atoms with Gasteiger partial charge in [0, 0.05) is 23.0 Å². The highest BCUT2D eigenvalue weighted by Gasteiger charge is 2.36. The number of para-hydroxylation sites is 1. The third-order valence-corrected chi connectivity index (χ3v) is 6.45. The summed E-state index contributed by atoms with van der Waals surface area (Å²) < 4.78 is 41.5. The predicted molar refractivity (Wildman–Crippen MR) is 129 cm³/mol. The van der Waals surface area contributed by atoms with Gasteiger partial charge < -0.3 is 0 Å². The van der Waals surface area contributed by atoms with E-state index >= 15 is 0 Å². The van der Waals surface area contributed by atoms with Crippen molar-refractivity contribution in [2.45, 2.75) is 19.6 Å². The van der Waals surface area contributed by atoms with Crippen molar-refractivity contribution in [1.82, 2.24) is 14.5 Å². The Bertz CT molecular complexity index is 1560. The van der Waals surface area contributed by atoms with Gasteiger partial charge in [-0.25, -0.2) is 4.98 Å². The number of aromatic nitrogens is 2. The SMILES string of the molecule is Cc1cnc(CN2C(=O)c3ccccc3C2=O)n1-c1ccccc1C(=O)c1cc(C(F)(F)F)ccc1Cl. The Morgan fingerprint density at radius 1 is 0.919 bits per heavy atom. The lowest BCUT2D eigenvalue weighted by atomic mass is 9.99. The molecule has 0 unspecified atom stereocenters. The van der Waals surface area contributed by atoms with Crippen molar-refractivity contribution in [3.8, 4) is 5.69 Å². The van der Waals surface area contributed by atoms with E-state index in [9.17, 15) is 27.6 Å². The molecule has 3 aromatic carbocycles. The predicted octanol–water partition coefficient (Wildman–Crippen LogP) is 5.88. The van der Waals surface area contributed by atoms with E-state index in [4.69, 9.17) is 11.6 Å². The Kier molecular flexibility index (Phi) is 5.95. The van der Waals surface area contributed by atoms with E-state index in [0.29, 0.717) is 17.2 Å². The number of fused-ring (bicyclic) bond motifs is 1. The van der Waals surface area contributed by atoms with E-state index in [1.54, 1.807) is 54.0 Å². The molecule has 1 aromatic heterocycles. The molecule has 4 aromatic rings. The molecule has 5 rings (SSSR count). The molecule has 0 saturated heterocycles. The quantitative estimate of drug-likeness (QED) is 0.242. The van der Waals surface area contributed by atoms with Gasteiger partial charge in [-0.15, -0.1) is 0 Å². The number of carbonyl (C=O) groups excluding carboxylic acids is 3. The first-order chi connectivity index (χ1) is 17.6. The number of nitrogens with zero attached hydrogens (tertiary/aromatic N) is 3. The van der Waals surface area contributed by atoms with Crippen LogP contribution in [0.2, 0.25) is 5.02 Å². The summed E-state index contributed by atoms with van der Waals surface area (Å²) in [6.07, 6.45) is -3.13. The first-order valence-electron chi connectivity index (χ1n) is 11.1. The van der Waals surface area contributed by atoms with Gasteiger partial charge in [-0.05, 0) is 49.4 Å². The highest BCUT2D eigenvalue weighted by molar-refractivity contribution is 6.35. The molecule has 0 bridgehead atoms. The van der Waals surface area contributed by atoms with E-state index in [-0.39, 0.29) is 33.8 Å². The second kappa shape index (κ2) is 9.01. The van der Waals surface area contributed by atoms with Crippen LogP contribution < -0.4 is 0 Å². The molecule has 0 radical (unpaired) electrons. The lowest BCUT2D eigenvalue weighted by molar-refractivity contribution is -0.137. The Morgan fingerprint density at radius 3 is 2.19 bits per heavy atom. The molecule has 0 fully saturated rings. The average molecular weight is 524 g/mol. The van der Waals surface area contributed by atoms with E-state index in [0.717, 1.165) is 23.1 Å². The monoisotopic (exact) mass is 523 g/mol. The van der Waals surface area contributed by atoms with Gasteiger partial charge in [-0.1, -0.05) is 35.9 Å². The first-order valence-corrected chi connectivity index (χ1v) is 11.4. The van der Waals surface area contributed by atoms with Crippen LogP contribution in [0, 0.1) is 6.92 Å². The van der Waals surface area contributed by atoms with Crippen LogP contribution in [0.5, 0.6) is 0 Å². The van der Waals surface area contributed by atoms with Crippen LogP contribution >= 0.6 is 11.6 Å². The average Bonchev–Trinajstić information content (AvgIpc) is 3.35. The standard InChI is InChI=1S/C27H17ClF3N3O3/c1-15-13-32-23(14-33-25(36)17-6-2-3-7-18(17)26(33)37)34(15)22-9-5-4-8-19(22)24(35)20-12-16(27(29,30)31)10-11-21(20)28/h2-13H,14H2,1H3. The van der Waals surface area contributed by atoms with Crippen molar-refractivity contribution in [2.24, 2.45) is 0 Å². The maximum absolute atomic E-state index is 13.5. The number of hydrogen-bond donors (Lipinski definition) is 0. The topological polar surface area (TPSA) is 72.3 Å². The van der Waals surface area contributed by atoms with Gasteiger partial charge in [-0.3, -0.25) is 23.9 Å². The Labute approximate surface area is 213 Å². The molecule has 1 aliphatic heterocycles. The van der Waals surface area contributed by atoms with Crippen molar-refractivity contribution < 1.29 is 27.6 Å².